The van der Waals surface area contributed by atoms with Gasteiger partial charge < -0.3 is 10.6 Å². The summed E-state index contributed by atoms with van der Waals surface area (Å²) < 4.78 is 0. The molecule has 2 heterocycles. The molecule has 0 amide bonds. The average molecular weight is 228 g/mol. The number of nitrogens with one attached hydrogen (secondary N) is 2. The Morgan fingerprint density at radius 1 is 0.941 bits per heavy atom. The van der Waals surface area contributed by atoms with Gasteiger partial charge in [-0.1, -0.05) is 38.2 Å². The van der Waals surface area contributed by atoms with Crippen LogP contribution in [0.3, 0.4) is 0 Å². The fraction of sp³-hybridized carbons (Fsp3) is 0.333. The number of rotatable bonds is 0. The molecule has 0 saturated carbocycles. The number of fused-ring (bicyclic) bond motifs is 3. The van der Waals surface area contributed by atoms with Crippen molar-refractivity contribution in [1.82, 2.24) is 0 Å². The van der Waals surface area contributed by atoms with Crippen LogP contribution in [0.5, 0.6) is 0 Å². The van der Waals surface area contributed by atoms with E-state index in [0.29, 0.717) is 0 Å². The van der Waals surface area contributed by atoms with Crippen LogP contribution in [-0.2, 0) is 0 Å². The quantitative estimate of drug-likeness (QED) is 0.703. The zero-order valence-electron chi connectivity index (χ0n) is 10.8. The maximum atomic E-state index is 3.45. The van der Waals surface area contributed by atoms with Crippen LogP contribution in [0.15, 0.2) is 18.2 Å². The second kappa shape index (κ2) is 5.09. The lowest BCUT2D eigenvalue weighted by Gasteiger charge is -2.24. The third-order valence-electron chi connectivity index (χ3n) is 2.98. The van der Waals surface area contributed by atoms with Crippen LogP contribution in [0.4, 0.5) is 11.4 Å². The second-order valence-electron chi connectivity index (χ2n) is 4.01. The SMILES string of the molecule is CC.Cc1cc2c(c3c1C=CCN3)NCC=C2. The molecule has 2 nitrogen and oxygen atoms in total. The topological polar surface area (TPSA) is 24.1 Å². The summed E-state index contributed by atoms with van der Waals surface area (Å²) in [5.74, 6) is 0. The van der Waals surface area contributed by atoms with Gasteiger partial charge in [0.15, 0.2) is 0 Å². The third kappa shape index (κ3) is 2.07. The Morgan fingerprint density at radius 2 is 1.59 bits per heavy atom. The van der Waals surface area contributed by atoms with Gasteiger partial charge in [-0.15, -0.1) is 0 Å². The molecule has 2 aliphatic heterocycles. The van der Waals surface area contributed by atoms with Crippen molar-refractivity contribution in [3.05, 3.63) is 34.9 Å². The largest absolute Gasteiger partial charge is 0.379 e. The molecule has 2 heteroatoms. The summed E-state index contributed by atoms with van der Waals surface area (Å²) in [7, 11) is 0. The predicted molar refractivity (Wildman–Crippen MR) is 77.6 cm³/mol. The highest BCUT2D eigenvalue weighted by Crippen LogP contribution is 2.37. The Balaban J connectivity index is 0.000000514. The lowest BCUT2D eigenvalue weighted by molar-refractivity contribution is 1.24. The monoisotopic (exact) mass is 228 g/mol. The minimum Gasteiger partial charge on any atom is -0.379 e. The van der Waals surface area contributed by atoms with Crippen molar-refractivity contribution in [1.29, 1.82) is 0 Å². The second-order valence-corrected chi connectivity index (χ2v) is 4.01. The van der Waals surface area contributed by atoms with Gasteiger partial charge in [0.25, 0.3) is 0 Å². The van der Waals surface area contributed by atoms with Gasteiger partial charge in [-0.25, -0.2) is 0 Å². The third-order valence-corrected chi connectivity index (χ3v) is 2.98. The summed E-state index contributed by atoms with van der Waals surface area (Å²) in [5, 5.41) is 6.88. The molecule has 2 aliphatic rings. The standard InChI is InChI=1S/C13H14N2.C2H6/c1-9-8-10-4-2-6-14-12(10)13-11(9)5-3-7-15-13;1-2/h2-5,8,14-15H,6-7H2,1H3;1-2H3. The molecule has 17 heavy (non-hydrogen) atoms. The summed E-state index contributed by atoms with van der Waals surface area (Å²) >= 11 is 0. The Hall–Kier alpha value is -1.70. The molecule has 3 rings (SSSR count). The number of anilines is 2. The first kappa shape index (κ1) is 11.8. The molecule has 0 radical (unpaired) electrons. The maximum Gasteiger partial charge on any atom is 0.0660 e. The fourth-order valence-electron chi connectivity index (χ4n) is 2.26. The van der Waals surface area contributed by atoms with Crippen molar-refractivity contribution in [3.8, 4) is 0 Å². The summed E-state index contributed by atoms with van der Waals surface area (Å²) in [4.78, 5) is 0. The van der Waals surface area contributed by atoms with E-state index in [1.165, 1.54) is 28.1 Å². The van der Waals surface area contributed by atoms with Crippen molar-refractivity contribution in [3.63, 3.8) is 0 Å². The van der Waals surface area contributed by atoms with E-state index in [1.54, 1.807) is 0 Å². The van der Waals surface area contributed by atoms with Crippen LogP contribution >= 0.6 is 0 Å². The van der Waals surface area contributed by atoms with E-state index in [0.717, 1.165) is 13.1 Å². The van der Waals surface area contributed by atoms with E-state index in [-0.39, 0.29) is 0 Å². The molecular weight excluding hydrogens is 208 g/mol. The molecule has 0 atom stereocenters. The van der Waals surface area contributed by atoms with Crippen molar-refractivity contribution < 1.29 is 0 Å². The minimum atomic E-state index is 0.924. The van der Waals surface area contributed by atoms with E-state index in [9.17, 15) is 0 Å². The fourth-order valence-corrected chi connectivity index (χ4v) is 2.26. The molecule has 90 valence electrons. The molecule has 1 aromatic carbocycles. The number of hydrogen-bond acceptors (Lipinski definition) is 2. The molecular formula is C15H20N2. The predicted octanol–water partition coefficient (Wildman–Crippen LogP) is 3.90. The van der Waals surface area contributed by atoms with Crippen LogP contribution in [0.2, 0.25) is 0 Å². The van der Waals surface area contributed by atoms with E-state index in [1.807, 2.05) is 13.8 Å². The number of benzene rings is 1. The molecule has 0 unspecified atom stereocenters. The average Bonchev–Trinajstić information content (AvgIpc) is 2.42. The Bertz CT molecular complexity index is 470. The highest BCUT2D eigenvalue weighted by Gasteiger charge is 2.16. The van der Waals surface area contributed by atoms with Crippen LogP contribution in [-0.4, -0.2) is 13.1 Å². The Morgan fingerprint density at radius 3 is 2.35 bits per heavy atom. The molecule has 0 aromatic heterocycles. The van der Waals surface area contributed by atoms with Crippen molar-refractivity contribution in [2.75, 3.05) is 23.7 Å². The first-order valence-electron chi connectivity index (χ1n) is 6.34. The Kier molecular flexibility index (Phi) is 3.52. The first-order valence-corrected chi connectivity index (χ1v) is 6.34. The maximum absolute atomic E-state index is 3.45. The van der Waals surface area contributed by atoms with Gasteiger partial charge in [-0.3, -0.25) is 0 Å². The van der Waals surface area contributed by atoms with Gasteiger partial charge in [0.05, 0.1) is 11.4 Å². The summed E-state index contributed by atoms with van der Waals surface area (Å²) in [6, 6.07) is 2.24. The van der Waals surface area contributed by atoms with Gasteiger partial charge in [0.2, 0.25) is 0 Å². The van der Waals surface area contributed by atoms with Gasteiger partial charge >= 0.3 is 0 Å². The van der Waals surface area contributed by atoms with Crippen LogP contribution in [0.25, 0.3) is 12.2 Å². The van der Waals surface area contributed by atoms with Gasteiger partial charge in [-0.05, 0) is 24.1 Å². The van der Waals surface area contributed by atoms with Crippen LogP contribution in [0.1, 0.15) is 30.5 Å². The lowest BCUT2D eigenvalue weighted by Crippen LogP contribution is -2.13. The van der Waals surface area contributed by atoms with Crippen molar-refractivity contribution in [2.45, 2.75) is 20.8 Å². The minimum absolute atomic E-state index is 0.924. The number of hydrogen-bond donors (Lipinski definition) is 2. The highest BCUT2D eigenvalue weighted by molar-refractivity contribution is 5.90. The van der Waals surface area contributed by atoms with E-state index >= 15 is 0 Å². The molecule has 1 aromatic rings. The highest BCUT2D eigenvalue weighted by atomic mass is 15.0. The van der Waals surface area contributed by atoms with E-state index < -0.39 is 0 Å². The molecule has 2 N–H and O–H groups in total. The van der Waals surface area contributed by atoms with Gasteiger partial charge in [0, 0.05) is 18.7 Å². The Labute approximate surface area is 103 Å². The molecule has 0 fully saturated rings. The zero-order valence-corrected chi connectivity index (χ0v) is 10.8. The molecule has 0 aliphatic carbocycles. The summed E-state index contributed by atoms with van der Waals surface area (Å²) in [5.41, 5.74) is 6.46. The van der Waals surface area contributed by atoms with Crippen molar-refractivity contribution in [2.24, 2.45) is 0 Å². The normalized spacial score (nSPS) is 14.8. The van der Waals surface area contributed by atoms with Crippen LogP contribution in [0, 0.1) is 6.92 Å². The van der Waals surface area contributed by atoms with E-state index in [4.69, 9.17) is 0 Å². The smallest absolute Gasteiger partial charge is 0.0660 e. The zero-order chi connectivity index (χ0) is 12.3. The molecule has 0 spiro atoms. The number of aryl methyl sites for hydroxylation is 1. The lowest BCUT2D eigenvalue weighted by atomic mass is 9.96. The van der Waals surface area contributed by atoms with Gasteiger partial charge in [-0.2, -0.15) is 0 Å². The van der Waals surface area contributed by atoms with Crippen LogP contribution < -0.4 is 10.6 Å². The summed E-state index contributed by atoms with van der Waals surface area (Å²) in [6.45, 7) is 8.01. The summed E-state index contributed by atoms with van der Waals surface area (Å²) in [6.07, 6.45) is 8.73. The van der Waals surface area contributed by atoms with Crippen molar-refractivity contribution >= 4 is 23.5 Å². The van der Waals surface area contributed by atoms with E-state index in [2.05, 4.69) is 47.9 Å². The first-order chi connectivity index (χ1) is 8.36. The van der Waals surface area contributed by atoms with Gasteiger partial charge in [0.1, 0.15) is 0 Å². The molecule has 0 bridgehead atoms. The molecule has 0 saturated heterocycles.